The molecule has 0 radical (unpaired) electrons. The van der Waals surface area contributed by atoms with Gasteiger partial charge in [0.25, 0.3) is 5.91 Å². The van der Waals surface area contributed by atoms with E-state index in [9.17, 15) is 22.4 Å². The fourth-order valence-corrected chi connectivity index (χ4v) is 4.99. The van der Waals surface area contributed by atoms with Gasteiger partial charge in [0.05, 0.1) is 41.4 Å². The van der Waals surface area contributed by atoms with Crippen molar-refractivity contribution < 1.29 is 27.1 Å². The fraction of sp³-hybridized carbons (Fsp3) is 0.450. The Hall–Kier alpha value is -2.54. The fourth-order valence-electron chi connectivity index (χ4n) is 3.55. The molecule has 1 fully saturated rings. The van der Waals surface area contributed by atoms with Crippen molar-refractivity contribution in [2.75, 3.05) is 32.6 Å². The number of halogens is 2. The molecule has 13 heteroatoms. The molecular weight excluding hydrogens is 477 g/mol. The van der Waals surface area contributed by atoms with Gasteiger partial charge in [0.2, 0.25) is 15.9 Å². The Morgan fingerprint density at radius 2 is 2.12 bits per heavy atom. The molecule has 0 spiro atoms. The Bertz CT molecular complexity index is 1140. The summed E-state index contributed by atoms with van der Waals surface area (Å²) in [6.45, 7) is 1.06. The second kappa shape index (κ2) is 10.6. The zero-order chi connectivity index (χ0) is 24.2. The number of aryl methyl sites for hydroxylation is 1. The predicted octanol–water partition coefficient (Wildman–Crippen LogP) is 1.33. The summed E-state index contributed by atoms with van der Waals surface area (Å²) in [5.41, 5.74) is 2.47. The quantitative estimate of drug-likeness (QED) is 0.500. The van der Waals surface area contributed by atoms with Crippen molar-refractivity contribution in [2.45, 2.75) is 12.8 Å². The Labute approximate surface area is 196 Å². The largest absolute Gasteiger partial charge is 0.384 e. The summed E-state index contributed by atoms with van der Waals surface area (Å²) < 4.78 is 45.9. The number of nitrogens with zero attached hydrogens (tertiary/aromatic N) is 3. The molecule has 1 aromatic carbocycles. The van der Waals surface area contributed by atoms with E-state index in [0.717, 1.165) is 0 Å². The lowest BCUT2D eigenvalue weighted by atomic mass is 10.1. The average molecular weight is 502 g/mol. The van der Waals surface area contributed by atoms with Crippen LogP contribution in [0.1, 0.15) is 23.2 Å². The minimum Gasteiger partial charge on any atom is -0.384 e. The van der Waals surface area contributed by atoms with E-state index in [-0.39, 0.29) is 29.0 Å². The number of hydrazine groups is 1. The molecule has 1 aromatic heterocycles. The number of carbonyl (C=O) groups excluding carboxylic acids is 2. The van der Waals surface area contributed by atoms with Crippen LogP contribution in [-0.4, -0.2) is 67.2 Å². The molecule has 1 unspecified atom stereocenters. The first-order chi connectivity index (χ1) is 15.6. The van der Waals surface area contributed by atoms with E-state index in [1.807, 2.05) is 10.3 Å². The number of amides is 2. The number of hydrogen-bond donors (Lipinski definition) is 2. The molecule has 1 aliphatic heterocycles. The summed E-state index contributed by atoms with van der Waals surface area (Å²) in [7, 11) is -0.677. The molecule has 2 heterocycles. The van der Waals surface area contributed by atoms with Crippen LogP contribution in [0.4, 0.5) is 4.39 Å². The van der Waals surface area contributed by atoms with Gasteiger partial charge in [-0.25, -0.2) is 17.8 Å². The second-order valence-electron chi connectivity index (χ2n) is 7.82. The Morgan fingerprint density at radius 3 is 2.79 bits per heavy atom. The van der Waals surface area contributed by atoms with Crippen LogP contribution >= 0.6 is 11.6 Å². The van der Waals surface area contributed by atoms with Crippen molar-refractivity contribution in [3.8, 4) is 11.3 Å². The van der Waals surface area contributed by atoms with Crippen LogP contribution in [0.2, 0.25) is 5.02 Å². The molecule has 0 aliphatic carbocycles. The van der Waals surface area contributed by atoms with Crippen molar-refractivity contribution in [3.05, 3.63) is 41.1 Å². The number of likely N-dealkylation sites (tertiary alicyclic amines) is 1. The molecule has 180 valence electrons. The second-order valence-corrected chi connectivity index (χ2v) is 9.99. The summed E-state index contributed by atoms with van der Waals surface area (Å²) in [6, 6.07) is 2.58. The minimum absolute atomic E-state index is 0.0989. The maximum absolute atomic E-state index is 14.5. The van der Waals surface area contributed by atoms with Crippen molar-refractivity contribution in [1.82, 2.24) is 24.7 Å². The highest BCUT2D eigenvalue weighted by Crippen LogP contribution is 2.27. The summed E-state index contributed by atoms with van der Waals surface area (Å²) in [6.07, 6.45) is 3.95. The third kappa shape index (κ3) is 6.50. The molecule has 2 amide bonds. The van der Waals surface area contributed by atoms with Gasteiger partial charge in [-0.2, -0.15) is 0 Å². The topological polar surface area (TPSA) is 123 Å². The number of sulfonamides is 1. The lowest BCUT2D eigenvalue weighted by Crippen LogP contribution is -2.44. The average Bonchev–Trinajstić information content (AvgIpc) is 3.41. The van der Waals surface area contributed by atoms with E-state index in [4.69, 9.17) is 16.3 Å². The smallest absolute Gasteiger partial charge is 0.269 e. The Morgan fingerprint density at radius 1 is 1.36 bits per heavy atom. The van der Waals surface area contributed by atoms with Gasteiger partial charge < -0.3 is 14.2 Å². The Kier molecular flexibility index (Phi) is 8.05. The number of benzene rings is 1. The van der Waals surface area contributed by atoms with Gasteiger partial charge in [-0.3, -0.25) is 15.0 Å². The van der Waals surface area contributed by atoms with Crippen molar-refractivity contribution >= 4 is 33.4 Å². The third-order valence-corrected chi connectivity index (χ3v) is 6.81. The van der Waals surface area contributed by atoms with E-state index in [2.05, 4.69) is 4.98 Å². The van der Waals surface area contributed by atoms with Gasteiger partial charge >= 0.3 is 0 Å². The van der Waals surface area contributed by atoms with E-state index >= 15 is 0 Å². The molecule has 1 saturated heterocycles. The molecule has 1 aliphatic rings. The maximum atomic E-state index is 14.5. The van der Waals surface area contributed by atoms with Crippen molar-refractivity contribution in [2.24, 2.45) is 13.0 Å². The third-order valence-electron chi connectivity index (χ3n) is 5.21. The maximum Gasteiger partial charge on any atom is 0.269 e. The van der Waals surface area contributed by atoms with E-state index < -0.39 is 27.3 Å². The molecular formula is C20H25ClFN5O5S. The van der Waals surface area contributed by atoms with Gasteiger partial charge in [0, 0.05) is 39.0 Å². The number of carbonyl (C=O) groups is 2. The highest BCUT2D eigenvalue weighted by molar-refractivity contribution is 7.89. The van der Waals surface area contributed by atoms with Crippen LogP contribution in [0.3, 0.4) is 0 Å². The zero-order valence-electron chi connectivity index (χ0n) is 18.2. The van der Waals surface area contributed by atoms with Crippen LogP contribution < -0.4 is 10.3 Å². The monoisotopic (exact) mass is 501 g/mol. The number of nitrogens with one attached hydrogen (secondary N) is 2. The first-order valence-electron chi connectivity index (χ1n) is 10.1. The summed E-state index contributed by atoms with van der Waals surface area (Å²) >= 11 is 5.93. The van der Waals surface area contributed by atoms with Gasteiger partial charge in [0.15, 0.2) is 5.82 Å². The lowest BCUT2D eigenvalue weighted by molar-refractivity contribution is -0.131. The first-order valence-corrected chi connectivity index (χ1v) is 12.2. The normalized spacial score (nSPS) is 16.2. The van der Waals surface area contributed by atoms with E-state index in [1.165, 1.54) is 25.6 Å². The molecule has 0 bridgehead atoms. The van der Waals surface area contributed by atoms with Gasteiger partial charge in [-0.15, -0.1) is 4.83 Å². The zero-order valence-corrected chi connectivity index (χ0v) is 19.7. The number of ether oxygens (including phenoxy) is 1. The standard InChI is InChI=1S/C20H25ClFN5O5S/c1-26-10-17(23-12-26)14-7-15(19(22)16(21)8-14)20(29)24-25-33(30,31)11-13-3-5-27(9-13)18(28)4-6-32-2/h7-8,10,12-13,25H,3-6,9,11H2,1-2H3,(H,24,29). The molecule has 2 aromatic rings. The molecule has 1 atom stereocenters. The van der Waals surface area contributed by atoms with Gasteiger partial charge in [-0.05, 0) is 24.5 Å². The molecule has 33 heavy (non-hydrogen) atoms. The summed E-state index contributed by atoms with van der Waals surface area (Å²) in [5.74, 6) is -2.66. The van der Waals surface area contributed by atoms with Gasteiger partial charge in [0.1, 0.15) is 0 Å². The van der Waals surface area contributed by atoms with Crippen molar-refractivity contribution in [3.63, 3.8) is 0 Å². The summed E-state index contributed by atoms with van der Waals surface area (Å²) in [5, 5.41) is -0.296. The number of imidazole rings is 1. The number of rotatable bonds is 9. The molecule has 0 saturated carbocycles. The predicted molar refractivity (Wildman–Crippen MR) is 119 cm³/mol. The minimum atomic E-state index is -3.93. The molecule has 2 N–H and O–H groups in total. The molecule has 10 nitrogen and oxygen atoms in total. The lowest BCUT2D eigenvalue weighted by Gasteiger charge is -2.16. The van der Waals surface area contributed by atoms with Crippen LogP contribution in [0.5, 0.6) is 0 Å². The highest BCUT2D eigenvalue weighted by Gasteiger charge is 2.30. The summed E-state index contributed by atoms with van der Waals surface area (Å²) in [4.78, 5) is 32.3. The van der Waals surface area contributed by atoms with Crippen LogP contribution in [0.25, 0.3) is 11.3 Å². The number of hydrogen-bond acceptors (Lipinski definition) is 6. The van der Waals surface area contributed by atoms with Crippen LogP contribution in [0.15, 0.2) is 24.7 Å². The van der Waals surface area contributed by atoms with Crippen LogP contribution in [-0.2, 0) is 26.6 Å². The SMILES string of the molecule is COCCC(=O)N1CCC(CS(=O)(=O)NNC(=O)c2cc(-c3cn(C)cn3)cc(Cl)c2F)C1. The highest BCUT2D eigenvalue weighted by atomic mass is 35.5. The number of methoxy groups -OCH3 is 1. The van der Waals surface area contributed by atoms with Crippen LogP contribution in [0, 0.1) is 11.7 Å². The van der Waals surface area contributed by atoms with Crippen molar-refractivity contribution in [1.29, 1.82) is 0 Å². The van der Waals surface area contributed by atoms with E-state index in [1.54, 1.807) is 22.7 Å². The molecule has 3 rings (SSSR count). The first kappa shape index (κ1) is 25.1. The van der Waals surface area contributed by atoms with Gasteiger partial charge in [-0.1, -0.05) is 11.6 Å². The van der Waals surface area contributed by atoms with E-state index in [0.29, 0.717) is 37.4 Å². The number of aromatic nitrogens is 2. The Balaban J connectivity index is 1.61.